The Morgan fingerprint density at radius 1 is 1.15 bits per heavy atom. The quantitative estimate of drug-likeness (QED) is 0.635. The van der Waals surface area contributed by atoms with Gasteiger partial charge in [-0.3, -0.25) is 9.59 Å². The Morgan fingerprint density at radius 2 is 1.92 bits per heavy atom. The monoisotopic (exact) mass is 352 g/mol. The number of carbonyl (C=O) groups is 1. The molecule has 0 aliphatic rings. The minimum atomic E-state index is -0.529. The predicted molar refractivity (Wildman–Crippen MR) is 98.0 cm³/mol. The number of H-pyrrole nitrogens is 1. The molecule has 3 rings (SSSR count). The second kappa shape index (κ2) is 7.84. The van der Waals surface area contributed by atoms with Gasteiger partial charge in [-0.1, -0.05) is 37.3 Å². The van der Waals surface area contributed by atoms with Gasteiger partial charge in [-0.2, -0.15) is 0 Å². The van der Waals surface area contributed by atoms with Crippen molar-refractivity contribution in [2.24, 2.45) is 0 Å². The number of aliphatic hydroxyl groups excluding tert-OH is 1. The van der Waals surface area contributed by atoms with Crippen LogP contribution in [-0.2, 0) is 0 Å². The maximum absolute atomic E-state index is 12.5. The molecule has 0 aliphatic heterocycles. The molecule has 1 amide bonds. The van der Waals surface area contributed by atoms with E-state index in [9.17, 15) is 14.7 Å². The van der Waals surface area contributed by atoms with Gasteiger partial charge >= 0.3 is 0 Å². The SMILES string of the molecule is C[C@@H](c1ccccc1)[C@@H](CO)NC(=O)c1ccc(-c2ccco2)[nH]c1=O. The first-order valence-electron chi connectivity index (χ1n) is 8.34. The third-order valence-corrected chi connectivity index (χ3v) is 4.38. The van der Waals surface area contributed by atoms with Crippen LogP contribution in [0.3, 0.4) is 0 Å². The van der Waals surface area contributed by atoms with E-state index in [1.165, 1.54) is 12.3 Å². The van der Waals surface area contributed by atoms with Gasteiger partial charge in [0.1, 0.15) is 11.3 Å². The smallest absolute Gasteiger partial charge is 0.261 e. The van der Waals surface area contributed by atoms with Crippen LogP contribution < -0.4 is 10.9 Å². The van der Waals surface area contributed by atoms with Gasteiger partial charge in [0.05, 0.1) is 24.6 Å². The molecule has 2 atom stereocenters. The van der Waals surface area contributed by atoms with E-state index in [-0.39, 0.29) is 18.1 Å². The van der Waals surface area contributed by atoms with Crippen molar-refractivity contribution >= 4 is 5.91 Å². The number of pyridine rings is 1. The maximum atomic E-state index is 12.5. The number of benzene rings is 1. The minimum absolute atomic E-state index is 0.0148. The van der Waals surface area contributed by atoms with Crippen molar-refractivity contribution < 1.29 is 14.3 Å². The van der Waals surface area contributed by atoms with Crippen LogP contribution in [0.4, 0.5) is 0 Å². The normalized spacial score (nSPS) is 13.2. The van der Waals surface area contributed by atoms with Crippen molar-refractivity contribution in [3.05, 3.63) is 82.3 Å². The summed E-state index contributed by atoms with van der Waals surface area (Å²) in [5, 5.41) is 12.4. The molecule has 6 nitrogen and oxygen atoms in total. The zero-order chi connectivity index (χ0) is 18.5. The average Bonchev–Trinajstić information content (AvgIpc) is 3.20. The van der Waals surface area contributed by atoms with Crippen LogP contribution in [0.5, 0.6) is 0 Å². The summed E-state index contributed by atoms with van der Waals surface area (Å²) in [4.78, 5) is 27.4. The molecule has 6 heteroatoms. The number of hydrogen-bond donors (Lipinski definition) is 3. The number of amides is 1. The molecule has 2 heterocycles. The molecule has 0 fully saturated rings. The molecule has 2 aromatic heterocycles. The van der Waals surface area contributed by atoms with E-state index in [2.05, 4.69) is 10.3 Å². The molecule has 0 radical (unpaired) electrons. The van der Waals surface area contributed by atoms with Crippen molar-refractivity contribution in [2.45, 2.75) is 18.9 Å². The minimum Gasteiger partial charge on any atom is -0.463 e. The lowest BCUT2D eigenvalue weighted by molar-refractivity contribution is 0.0906. The standard InChI is InChI=1S/C20H20N2O4/c1-13(14-6-3-2-4-7-14)17(12-23)22-20(25)15-9-10-16(21-19(15)24)18-8-5-11-26-18/h2-11,13,17,23H,12H2,1H3,(H,21,24)(H,22,25)/t13-,17+/m0/s1. The van der Waals surface area contributed by atoms with Gasteiger partial charge < -0.3 is 19.8 Å². The first-order chi connectivity index (χ1) is 12.6. The molecular weight excluding hydrogens is 332 g/mol. The lowest BCUT2D eigenvalue weighted by atomic mass is 9.93. The van der Waals surface area contributed by atoms with E-state index in [1.807, 2.05) is 37.3 Å². The highest BCUT2D eigenvalue weighted by Crippen LogP contribution is 2.19. The fourth-order valence-corrected chi connectivity index (χ4v) is 2.79. The highest BCUT2D eigenvalue weighted by atomic mass is 16.3. The van der Waals surface area contributed by atoms with Crippen LogP contribution in [0.2, 0.25) is 0 Å². The Kier molecular flexibility index (Phi) is 5.34. The van der Waals surface area contributed by atoms with E-state index in [1.54, 1.807) is 18.2 Å². The largest absolute Gasteiger partial charge is 0.463 e. The molecule has 134 valence electrons. The average molecular weight is 352 g/mol. The van der Waals surface area contributed by atoms with E-state index in [4.69, 9.17) is 4.42 Å². The van der Waals surface area contributed by atoms with Gasteiger partial charge in [0.2, 0.25) is 0 Å². The van der Waals surface area contributed by atoms with Crippen molar-refractivity contribution in [3.8, 4) is 11.5 Å². The summed E-state index contributed by atoms with van der Waals surface area (Å²) in [7, 11) is 0. The summed E-state index contributed by atoms with van der Waals surface area (Å²) in [6, 6.07) is 15.6. The Bertz CT molecular complexity index is 916. The number of furan rings is 1. The molecule has 3 aromatic rings. The van der Waals surface area contributed by atoms with Crippen molar-refractivity contribution in [3.63, 3.8) is 0 Å². The van der Waals surface area contributed by atoms with E-state index in [0.717, 1.165) is 5.56 Å². The maximum Gasteiger partial charge on any atom is 0.261 e. The van der Waals surface area contributed by atoms with Gasteiger partial charge in [0, 0.05) is 5.92 Å². The molecule has 0 unspecified atom stereocenters. The van der Waals surface area contributed by atoms with Crippen molar-refractivity contribution in [1.82, 2.24) is 10.3 Å². The summed E-state index contributed by atoms with van der Waals surface area (Å²) >= 11 is 0. The van der Waals surface area contributed by atoms with E-state index >= 15 is 0 Å². The number of hydrogen-bond acceptors (Lipinski definition) is 4. The topological polar surface area (TPSA) is 95.3 Å². The third kappa shape index (κ3) is 3.75. The van der Waals surface area contributed by atoms with E-state index < -0.39 is 17.5 Å². The number of aromatic amines is 1. The van der Waals surface area contributed by atoms with Crippen LogP contribution >= 0.6 is 0 Å². The molecule has 0 aliphatic carbocycles. The Hall–Kier alpha value is -3.12. The first-order valence-corrected chi connectivity index (χ1v) is 8.34. The van der Waals surface area contributed by atoms with Crippen LogP contribution in [0, 0.1) is 0 Å². The number of rotatable bonds is 6. The van der Waals surface area contributed by atoms with Crippen molar-refractivity contribution in [2.75, 3.05) is 6.61 Å². The van der Waals surface area contributed by atoms with Gasteiger partial charge in [0.15, 0.2) is 0 Å². The van der Waals surface area contributed by atoms with Gasteiger partial charge in [-0.25, -0.2) is 0 Å². The lowest BCUT2D eigenvalue weighted by Crippen LogP contribution is -2.42. The summed E-state index contributed by atoms with van der Waals surface area (Å²) < 4.78 is 5.23. The van der Waals surface area contributed by atoms with E-state index in [0.29, 0.717) is 11.5 Å². The Labute approximate surface area is 150 Å². The van der Waals surface area contributed by atoms with Gasteiger partial charge in [0.25, 0.3) is 11.5 Å². The van der Waals surface area contributed by atoms with Gasteiger partial charge in [-0.15, -0.1) is 0 Å². The Balaban J connectivity index is 1.77. The zero-order valence-electron chi connectivity index (χ0n) is 14.3. The van der Waals surface area contributed by atoms with Gasteiger partial charge in [-0.05, 0) is 29.8 Å². The molecule has 0 saturated carbocycles. The van der Waals surface area contributed by atoms with Crippen molar-refractivity contribution in [1.29, 1.82) is 0 Å². The summed E-state index contributed by atoms with van der Waals surface area (Å²) in [6.45, 7) is 1.69. The number of aliphatic hydroxyl groups is 1. The molecule has 3 N–H and O–H groups in total. The highest BCUT2D eigenvalue weighted by Gasteiger charge is 2.22. The van der Waals surface area contributed by atoms with Crippen LogP contribution in [0.15, 0.2) is 70.1 Å². The summed E-state index contributed by atoms with van der Waals surface area (Å²) in [6.07, 6.45) is 1.51. The predicted octanol–water partition coefficient (Wildman–Crippen LogP) is 2.53. The summed E-state index contributed by atoms with van der Waals surface area (Å²) in [5.74, 6) is -0.120. The summed E-state index contributed by atoms with van der Waals surface area (Å²) in [5.41, 5.74) is 0.960. The highest BCUT2D eigenvalue weighted by molar-refractivity contribution is 5.94. The van der Waals surface area contributed by atoms with Crippen LogP contribution in [0.25, 0.3) is 11.5 Å². The molecule has 0 spiro atoms. The number of carbonyl (C=O) groups excluding carboxylic acids is 1. The molecule has 0 bridgehead atoms. The molecule has 1 aromatic carbocycles. The molecular formula is C20H20N2O4. The first kappa shape index (κ1) is 17.7. The zero-order valence-corrected chi connectivity index (χ0v) is 14.3. The molecule has 0 saturated heterocycles. The fraction of sp³-hybridized carbons (Fsp3) is 0.200. The second-order valence-electron chi connectivity index (χ2n) is 6.05. The lowest BCUT2D eigenvalue weighted by Gasteiger charge is -2.23. The second-order valence-corrected chi connectivity index (χ2v) is 6.05. The fourth-order valence-electron chi connectivity index (χ4n) is 2.79. The Morgan fingerprint density at radius 3 is 2.54 bits per heavy atom. The van der Waals surface area contributed by atoms with Crippen LogP contribution in [0.1, 0.15) is 28.8 Å². The molecule has 26 heavy (non-hydrogen) atoms. The van der Waals surface area contributed by atoms with Crippen LogP contribution in [-0.4, -0.2) is 28.6 Å². The number of nitrogens with one attached hydrogen (secondary N) is 2. The third-order valence-electron chi connectivity index (χ3n) is 4.38. The number of aromatic nitrogens is 1.